The lowest BCUT2D eigenvalue weighted by atomic mass is 9.94. The summed E-state index contributed by atoms with van der Waals surface area (Å²) in [5, 5.41) is 7.14. The maximum Gasteiger partial charge on any atom is 0.415 e. The van der Waals surface area contributed by atoms with E-state index in [0.717, 1.165) is 0 Å². The Morgan fingerprint density at radius 1 is 1.38 bits per heavy atom. The molecular formula is C8H7F2O9S2-. The van der Waals surface area contributed by atoms with Gasteiger partial charge in [-0.05, 0) is 6.42 Å². The average molecular weight is 349 g/mol. The van der Waals surface area contributed by atoms with E-state index in [1.54, 1.807) is 0 Å². The van der Waals surface area contributed by atoms with E-state index in [4.69, 9.17) is 8.92 Å². The van der Waals surface area contributed by atoms with Crippen LogP contribution >= 0.6 is 12.0 Å². The number of ether oxygens (including phenoxy) is 2. The number of esters is 1. The molecule has 21 heavy (non-hydrogen) atoms. The second kappa shape index (κ2) is 4.97. The zero-order valence-corrected chi connectivity index (χ0v) is 11.5. The monoisotopic (exact) mass is 349 g/mol. The second-order valence-electron chi connectivity index (χ2n) is 4.57. The van der Waals surface area contributed by atoms with Gasteiger partial charge in [-0.2, -0.15) is 21.5 Å². The Morgan fingerprint density at radius 3 is 2.76 bits per heavy atom. The lowest BCUT2D eigenvalue weighted by molar-refractivity contribution is -0.777. The standard InChI is InChI=1S/C8H8F2O9S2/c9-8(10,20-19-18-12)7(11)16-4-2-1-3-5(15-2)6(4)17-21(3,13)14/h2-6,12H,1H2/p-1. The van der Waals surface area contributed by atoms with Crippen molar-refractivity contribution in [1.82, 2.24) is 0 Å². The van der Waals surface area contributed by atoms with Crippen molar-refractivity contribution in [3.05, 3.63) is 0 Å². The van der Waals surface area contributed by atoms with Gasteiger partial charge in [0.2, 0.25) is 0 Å². The van der Waals surface area contributed by atoms with Gasteiger partial charge in [0, 0.05) is 0 Å². The van der Waals surface area contributed by atoms with Crippen LogP contribution in [0.15, 0.2) is 0 Å². The Morgan fingerprint density at radius 2 is 2.10 bits per heavy atom. The van der Waals surface area contributed by atoms with Crippen molar-refractivity contribution in [3.63, 3.8) is 0 Å². The molecule has 0 radical (unpaired) electrons. The summed E-state index contributed by atoms with van der Waals surface area (Å²) in [5.41, 5.74) is 0. The smallest absolute Gasteiger partial charge is 0.415 e. The van der Waals surface area contributed by atoms with E-state index in [0.29, 0.717) is 0 Å². The van der Waals surface area contributed by atoms with E-state index in [1.165, 1.54) is 0 Å². The van der Waals surface area contributed by atoms with Crippen LogP contribution in [0.1, 0.15) is 6.42 Å². The first-order valence-corrected chi connectivity index (χ1v) is 7.78. The maximum atomic E-state index is 13.2. The summed E-state index contributed by atoms with van der Waals surface area (Å²) in [6.45, 7) is 0. The molecule has 0 N–H and O–H groups in total. The van der Waals surface area contributed by atoms with Crippen molar-refractivity contribution >= 4 is 28.1 Å². The first kappa shape index (κ1) is 15.3. The molecule has 3 aliphatic heterocycles. The Bertz CT molecular complexity index is 552. The number of fused-ring (bicyclic) bond motifs is 1. The SMILES string of the molecule is O=C(OC1C2CC3C(O2)C1OS3(=O)=O)C(F)(F)SOO[O-]. The third-order valence-electron chi connectivity index (χ3n) is 3.44. The first-order valence-electron chi connectivity index (χ1n) is 5.57. The summed E-state index contributed by atoms with van der Waals surface area (Å²) >= 11 is -0.833. The molecule has 3 rings (SSSR count). The third kappa shape index (κ3) is 2.42. The molecule has 0 aromatic heterocycles. The van der Waals surface area contributed by atoms with Gasteiger partial charge >= 0.3 is 11.2 Å². The summed E-state index contributed by atoms with van der Waals surface area (Å²) in [5.74, 6) is -2.02. The number of alkyl halides is 2. The number of hydrogen-bond donors (Lipinski definition) is 0. The van der Waals surface area contributed by atoms with Crippen LogP contribution in [-0.4, -0.2) is 49.3 Å². The average Bonchev–Trinajstić information content (AvgIpc) is 3.00. The molecule has 3 fully saturated rings. The lowest BCUT2D eigenvalue weighted by Gasteiger charge is -2.23. The van der Waals surface area contributed by atoms with Gasteiger partial charge in [-0.1, -0.05) is 0 Å². The second-order valence-corrected chi connectivity index (χ2v) is 7.17. The molecule has 3 heterocycles. The van der Waals surface area contributed by atoms with Crippen LogP contribution in [0.4, 0.5) is 8.78 Å². The van der Waals surface area contributed by atoms with Gasteiger partial charge in [0.15, 0.2) is 6.10 Å². The summed E-state index contributed by atoms with van der Waals surface area (Å²) in [6.07, 6.45) is -4.07. The molecule has 2 bridgehead atoms. The van der Waals surface area contributed by atoms with Gasteiger partial charge in [0.25, 0.3) is 10.1 Å². The Balaban J connectivity index is 1.69. The maximum absolute atomic E-state index is 13.2. The van der Waals surface area contributed by atoms with E-state index in [-0.39, 0.29) is 6.42 Å². The molecule has 0 amide bonds. The van der Waals surface area contributed by atoms with Crippen LogP contribution in [-0.2, 0) is 37.9 Å². The number of hydrogen-bond acceptors (Lipinski definition) is 10. The summed E-state index contributed by atoms with van der Waals surface area (Å²) in [7, 11) is -3.84. The van der Waals surface area contributed by atoms with Crippen LogP contribution in [0.25, 0.3) is 0 Å². The van der Waals surface area contributed by atoms with Gasteiger partial charge in [0.05, 0.1) is 6.10 Å². The molecule has 5 unspecified atom stereocenters. The molecule has 5 atom stereocenters. The van der Waals surface area contributed by atoms with E-state index in [1.807, 2.05) is 0 Å². The highest BCUT2D eigenvalue weighted by molar-refractivity contribution is 7.96. The molecule has 13 heteroatoms. The van der Waals surface area contributed by atoms with Gasteiger partial charge in [-0.25, -0.2) is 4.79 Å². The molecule has 0 aliphatic carbocycles. The van der Waals surface area contributed by atoms with Crippen molar-refractivity contribution < 1.29 is 50.3 Å². The summed E-state index contributed by atoms with van der Waals surface area (Å²) in [4.78, 5) is 11.3. The molecule has 0 aromatic carbocycles. The molecule has 3 saturated heterocycles. The predicted octanol–water partition coefficient (Wildman–Crippen LogP) is -1.37. The zero-order valence-electron chi connectivity index (χ0n) is 9.84. The minimum atomic E-state index is -4.21. The molecule has 0 aromatic rings. The number of halogens is 2. The fourth-order valence-electron chi connectivity index (χ4n) is 2.65. The van der Waals surface area contributed by atoms with Crippen molar-refractivity contribution in [3.8, 4) is 0 Å². The van der Waals surface area contributed by atoms with Crippen LogP contribution in [0.2, 0.25) is 0 Å². The lowest BCUT2D eigenvalue weighted by Crippen LogP contribution is -2.44. The van der Waals surface area contributed by atoms with Gasteiger partial charge in [-0.15, -0.1) is 0 Å². The molecule has 0 spiro atoms. The normalized spacial score (nSPS) is 39.7. The van der Waals surface area contributed by atoms with Gasteiger partial charge in [-0.3, -0.25) is 9.22 Å². The van der Waals surface area contributed by atoms with E-state index < -0.39 is 63.1 Å². The fourth-order valence-corrected chi connectivity index (χ4v) is 4.52. The highest BCUT2D eigenvalue weighted by Crippen LogP contribution is 2.48. The third-order valence-corrected chi connectivity index (χ3v) is 5.63. The molecule has 120 valence electrons. The molecule has 3 aliphatic rings. The Labute approximate surface area is 120 Å². The first-order chi connectivity index (χ1) is 9.76. The quantitative estimate of drug-likeness (QED) is 0.193. The molecule has 9 nitrogen and oxygen atoms in total. The van der Waals surface area contributed by atoms with E-state index in [2.05, 4.69) is 14.1 Å². The Hall–Kier alpha value is -0.570. The van der Waals surface area contributed by atoms with Crippen LogP contribution in [0.3, 0.4) is 0 Å². The van der Waals surface area contributed by atoms with Crippen molar-refractivity contribution in [2.45, 2.75) is 41.3 Å². The summed E-state index contributed by atoms with van der Waals surface area (Å²) < 4.78 is 67.6. The van der Waals surface area contributed by atoms with E-state index in [9.17, 15) is 27.3 Å². The van der Waals surface area contributed by atoms with Crippen molar-refractivity contribution in [2.24, 2.45) is 0 Å². The highest BCUT2D eigenvalue weighted by atomic mass is 32.2. The summed E-state index contributed by atoms with van der Waals surface area (Å²) in [6, 6.07) is 0. The topological polar surface area (TPSA) is 120 Å². The van der Waals surface area contributed by atoms with E-state index >= 15 is 0 Å². The Kier molecular flexibility index (Phi) is 3.63. The van der Waals surface area contributed by atoms with Gasteiger partial charge in [0.1, 0.15) is 29.5 Å². The van der Waals surface area contributed by atoms with Crippen molar-refractivity contribution in [2.75, 3.05) is 0 Å². The number of carbonyl (C=O) groups excluding carboxylic acids is 1. The fraction of sp³-hybridized carbons (Fsp3) is 0.875. The zero-order chi connectivity index (χ0) is 15.4. The predicted molar refractivity (Wildman–Crippen MR) is 55.4 cm³/mol. The van der Waals surface area contributed by atoms with Crippen LogP contribution in [0.5, 0.6) is 0 Å². The minimum Gasteiger partial charge on any atom is -0.691 e. The van der Waals surface area contributed by atoms with Crippen molar-refractivity contribution in [1.29, 1.82) is 0 Å². The molecule has 0 saturated carbocycles. The number of rotatable bonds is 5. The minimum absolute atomic E-state index is 0.000329. The van der Waals surface area contributed by atoms with Crippen LogP contribution in [0, 0.1) is 0 Å². The van der Waals surface area contributed by atoms with Gasteiger partial charge < -0.3 is 14.7 Å². The largest absolute Gasteiger partial charge is 0.691 e. The number of carbonyl (C=O) groups is 1. The molecular weight excluding hydrogens is 342 g/mol. The van der Waals surface area contributed by atoms with Crippen LogP contribution < -0.4 is 5.26 Å². The highest BCUT2D eigenvalue weighted by Gasteiger charge is 2.67.